The van der Waals surface area contributed by atoms with Crippen LogP contribution in [0.1, 0.15) is 63.1 Å². The molecule has 0 aromatic heterocycles. The van der Waals surface area contributed by atoms with Crippen molar-refractivity contribution in [1.29, 1.82) is 0 Å². The summed E-state index contributed by atoms with van der Waals surface area (Å²) in [4.78, 5) is 39.8. The summed E-state index contributed by atoms with van der Waals surface area (Å²) in [6.07, 6.45) is -6.83. The Kier molecular flexibility index (Phi) is 10.2. The summed E-state index contributed by atoms with van der Waals surface area (Å²) in [5.74, 6) is -3.12. The molecule has 0 aliphatic carbocycles. The fourth-order valence-electron chi connectivity index (χ4n) is 5.80. The van der Waals surface area contributed by atoms with Gasteiger partial charge in [0.1, 0.15) is 11.3 Å². The first kappa shape index (κ1) is 36.0. The number of likely N-dealkylation sites (tertiary alicyclic amines) is 1. The number of aliphatic hydroxyl groups is 1. The van der Waals surface area contributed by atoms with Crippen molar-refractivity contribution >= 4 is 27.7 Å². The molecule has 0 atom stereocenters. The Morgan fingerprint density at radius 2 is 1.55 bits per heavy atom. The molecule has 2 aliphatic heterocycles. The average molecular weight is 691 g/mol. The number of amides is 3. The number of aliphatic hydroxyl groups excluding tert-OH is 1. The highest BCUT2D eigenvalue weighted by Crippen LogP contribution is 2.36. The molecule has 17 heteroatoms. The number of rotatable bonds is 9. The van der Waals surface area contributed by atoms with Crippen molar-refractivity contribution in [2.75, 3.05) is 26.2 Å². The smallest absolute Gasteiger partial charge is 0.406 e. The summed E-state index contributed by atoms with van der Waals surface area (Å²) >= 11 is 0. The van der Waals surface area contributed by atoms with Crippen LogP contribution in [0.5, 0.6) is 5.75 Å². The summed E-state index contributed by atoms with van der Waals surface area (Å²) in [6.45, 7) is 2.45. The second kappa shape index (κ2) is 13.4. The topological polar surface area (TPSA) is 159 Å². The summed E-state index contributed by atoms with van der Waals surface area (Å²) in [7, 11) is -5.31. The second-order valence-corrected chi connectivity index (χ2v) is 13.9. The number of hydrogen-bond acceptors (Lipinski definition) is 7. The lowest BCUT2D eigenvalue weighted by Crippen LogP contribution is -2.63. The molecule has 0 spiro atoms. The molecule has 2 aromatic rings. The molecule has 2 aliphatic rings. The maximum absolute atomic E-state index is 15.6. The number of carbonyl (C=O) groups is 3. The van der Waals surface area contributed by atoms with Gasteiger partial charge in [-0.05, 0) is 86.6 Å². The fourth-order valence-corrected chi connectivity index (χ4v) is 7.17. The van der Waals surface area contributed by atoms with E-state index in [-0.39, 0.29) is 22.6 Å². The number of nitrogens with one attached hydrogen (secondary N) is 1. The van der Waals surface area contributed by atoms with Gasteiger partial charge in [0.15, 0.2) is 0 Å². The summed E-state index contributed by atoms with van der Waals surface area (Å²) in [5.41, 5.74) is 4.21. The maximum Gasteiger partial charge on any atom is 0.573 e. The molecule has 2 saturated heterocycles. The van der Waals surface area contributed by atoms with Crippen molar-refractivity contribution in [3.8, 4) is 5.75 Å². The van der Waals surface area contributed by atoms with Crippen LogP contribution in [0.15, 0.2) is 36.4 Å². The number of nitrogens with two attached hydrogens (primary N) is 1. The third kappa shape index (κ3) is 8.01. The number of sulfonamides is 1. The highest BCUT2D eigenvalue weighted by molar-refractivity contribution is 7.90. The number of hydrogen-bond donors (Lipinski definition) is 3. The van der Waals surface area contributed by atoms with E-state index in [4.69, 9.17) is 5.73 Å². The van der Waals surface area contributed by atoms with Gasteiger partial charge in [0.05, 0.1) is 12.5 Å². The van der Waals surface area contributed by atoms with Crippen LogP contribution in [-0.2, 0) is 21.2 Å². The predicted molar refractivity (Wildman–Crippen MR) is 158 cm³/mol. The van der Waals surface area contributed by atoms with Gasteiger partial charge in [-0.15, -0.1) is 13.2 Å². The number of primary amides is 1. The number of piperidine rings is 2. The van der Waals surface area contributed by atoms with Gasteiger partial charge >= 0.3 is 11.6 Å². The molecule has 258 valence electrons. The first-order chi connectivity index (χ1) is 21.7. The number of ether oxygens (including phenoxy) is 1. The van der Waals surface area contributed by atoms with E-state index < -0.39 is 83.2 Å². The summed E-state index contributed by atoms with van der Waals surface area (Å²) < 4.78 is 99.7. The number of nitrogens with zero attached hydrogens (tertiary/aromatic N) is 2. The lowest BCUT2D eigenvalue weighted by atomic mass is 9.87. The van der Waals surface area contributed by atoms with Crippen LogP contribution in [-0.4, -0.2) is 89.9 Å². The zero-order valence-electron chi connectivity index (χ0n) is 25.6. The molecule has 0 radical (unpaired) electrons. The van der Waals surface area contributed by atoms with Crippen molar-refractivity contribution in [1.82, 2.24) is 14.5 Å². The van der Waals surface area contributed by atoms with E-state index in [1.807, 2.05) is 0 Å². The van der Waals surface area contributed by atoms with Crippen LogP contribution in [0.4, 0.5) is 22.0 Å². The summed E-state index contributed by atoms with van der Waals surface area (Å²) in [5, 5.41) is 7.75. The Morgan fingerprint density at radius 1 is 0.979 bits per heavy atom. The largest absolute Gasteiger partial charge is 0.573 e. The molecule has 4 N–H and O–H groups in total. The monoisotopic (exact) mass is 690 g/mol. The van der Waals surface area contributed by atoms with Crippen molar-refractivity contribution < 1.29 is 54.6 Å². The molecule has 0 bridgehead atoms. The Balaban J connectivity index is 1.46. The van der Waals surface area contributed by atoms with Crippen LogP contribution in [0.25, 0.3) is 0 Å². The number of alkyl halides is 5. The SMILES string of the molecule is Cc1cc(C(=O)N2CCC(O)CC2)cc(C)c1CC(F)(F)S(=O)(=O)N1CCC(NC(=O)c2cccc(OC(F)(F)F)c2)(C(N)=O)CC1. The molecule has 3 amide bonds. The maximum atomic E-state index is 15.6. The molecule has 11 nitrogen and oxygen atoms in total. The fraction of sp³-hybridized carbons (Fsp3) is 0.500. The van der Waals surface area contributed by atoms with Crippen molar-refractivity contribution in [2.45, 2.75) is 69.2 Å². The molecule has 2 heterocycles. The molecular weight excluding hydrogens is 655 g/mol. The molecular formula is C30H35F5N4O7S. The van der Waals surface area contributed by atoms with E-state index in [1.54, 1.807) is 4.90 Å². The Labute approximate surface area is 267 Å². The van der Waals surface area contributed by atoms with Gasteiger partial charge in [0, 0.05) is 37.3 Å². The van der Waals surface area contributed by atoms with Gasteiger partial charge in [-0.1, -0.05) is 6.07 Å². The van der Waals surface area contributed by atoms with Gasteiger partial charge in [-0.25, -0.2) is 8.42 Å². The first-order valence-electron chi connectivity index (χ1n) is 14.7. The first-order valence-corrected chi connectivity index (χ1v) is 16.1. The van der Waals surface area contributed by atoms with Gasteiger partial charge < -0.3 is 25.8 Å². The highest BCUT2D eigenvalue weighted by atomic mass is 32.2. The predicted octanol–water partition coefficient (Wildman–Crippen LogP) is 3.01. The number of benzene rings is 2. The zero-order chi connectivity index (χ0) is 34.9. The molecule has 4 rings (SSSR count). The summed E-state index contributed by atoms with van der Waals surface area (Å²) in [6, 6.07) is 6.85. The van der Waals surface area contributed by atoms with Crippen LogP contribution in [0.3, 0.4) is 0 Å². The van der Waals surface area contributed by atoms with Crippen LogP contribution in [0, 0.1) is 13.8 Å². The van der Waals surface area contributed by atoms with E-state index in [9.17, 15) is 41.1 Å². The Bertz CT molecular complexity index is 1610. The number of aryl methyl sites for hydroxylation is 2. The number of carbonyl (C=O) groups excluding carboxylic acids is 3. The molecule has 2 aromatic carbocycles. The Hall–Kier alpha value is -3.83. The third-order valence-electron chi connectivity index (χ3n) is 8.52. The molecule has 47 heavy (non-hydrogen) atoms. The van der Waals surface area contributed by atoms with Crippen LogP contribution in [0.2, 0.25) is 0 Å². The molecule has 0 unspecified atom stereocenters. The van der Waals surface area contributed by atoms with Crippen molar-refractivity contribution in [3.63, 3.8) is 0 Å². The minimum atomic E-state index is -5.31. The average Bonchev–Trinajstić information content (AvgIpc) is 2.98. The van der Waals surface area contributed by atoms with Crippen molar-refractivity contribution in [3.05, 3.63) is 64.2 Å². The minimum absolute atomic E-state index is 0.0386. The van der Waals surface area contributed by atoms with E-state index in [0.717, 1.165) is 24.3 Å². The second-order valence-electron chi connectivity index (χ2n) is 11.8. The van der Waals surface area contributed by atoms with Gasteiger partial charge in [0.2, 0.25) is 5.91 Å². The molecule has 2 fully saturated rings. The van der Waals surface area contributed by atoms with E-state index >= 15 is 8.78 Å². The molecule has 0 saturated carbocycles. The van der Waals surface area contributed by atoms with Gasteiger partial charge in [-0.2, -0.15) is 13.1 Å². The number of halogens is 5. The Morgan fingerprint density at radius 3 is 2.09 bits per heavy atom. The van der Waals surface area contributed by atoms with E-state index in [2.05, 4.69) is 10.1 Å². The van der Waals surface area contributed by atoms with Crippen LogP contribution < -0.4 is 15.8 Å². The normalized spacial score (nSPS) is 18.1. The minimum Gasteiger partial charge on any atom is -0.406 e. The van der Waals surface area contributed by atoms with E-state index in [0.29, 0.717) is 41.4 Å². The van der Waals surface area contributed by atoms with E-state index in [1.165, 1.54) is 26.0 Å². The van der Waals surface area contributed by atoms with Gasteiger partial charge in [0.25, 0.3) is 21.8 Å². The quantitative estimate of drug-likeness (QED) is 0.341. The lowest BCUT2D eigenvalue weighted by molar-refractivity contribution is -0.274. The standard InChI is InChI=1S/C30H35F5N4O7S/c1-18-14-21(26(42)38-10-6-22(40)7-11-38)15-19(2)24(18)17-29(31,32)47(44,45)39-12-8-28(9-13-39,27(36)43)37-25(41)20-4-3-5-23(16-20)46-30(33,34)35/h3-5,14-16,22,40H,6-13,17H2,1-2H3,(H2,36,43)(H,37,41). The van der Waals surface area contributed by atoms with Gasteiger partial charge in [-0.3, -0.25) is 14.4 Å². The third-order valence-corrected chi connectivity index (χ3v) is 10.5. The van der Waals surface area contributed by atoms with Crippen LogP contribution >= 0.6 is 0 Å². The zero-order valence-corrected chi connectivity index (χ0v) is 26.4. The van der Waals surface area contributed by atoms with Crippen molar-refractivity contribution in [2.24, 2.45) is 5.73 Å². The highest BCUT2D eigenvalue weighted by Gasteiger charge is 2.52. The lowest BCUT2D eigenvalue weighted by Gasteiger charge is -2.40.